The van der Waals surface area contributed by atoms with Crippen LogP contribution >= 0.6 is 0 Å². The van der Waals surface area contributed by atoms with Gasteiger partial charge in [-0.3, -0.25) is 14.4 Å². The Morgan fingerprint density at radius 1 is 0.279 bits per heavy atom. The van der Waals surface area contributed by atoms with Crippen molar-refractivity contribution in [2.24, 2.45) is 0 Å². The maximum atomic E-state index is 12.8. The van der Waals surface area contributed by atoms with E-state index < -0.39 is 6.10 Å². The molecule has 400 valence electrons. The summed E-state index contributed by atoms with van der Waals surface area (Å²) in [4.78, 5) is 38.0. The van der Waals surface area contributed by atoms with Gasteiger partial charge in [0.25, 0.3) is 0 Å². The number of carbonyl (C=O) groups is 3. The van der Waals surface area contributed by atoms with Crippen LogP contribution in [0.25, 0.3) is 0 Å². The van der Waals surface area contributed by atoms with Crippen molar-refractivity contribution in [2.45, 2.75) is 341 Å². The van der Waals surface area contributed by atoms with Crippen LogP contribution in [-0.4, -0.2) is 37.2 Å². The van der Waals surface area contributed by atoms with Crippen LogP contribution in [-0.2, 0) is 28.6 Å². The van der Waals surface area contributed by atoms with Gasteiger partial charge in [-0.2, -0.15) is 0 Å². The van der Waals surface area contributed by atoms with Crippen molar-refractivity contribution in [3.05, 3.63) is 24.3 Å². The van der Waals surface area contributed by atoms with Crippen LogP contribution < -0.4 is 0 Å². The SMILES string of the molecule is CCCC/C=C\CCCCCCCC(=O)OCC(COC(=O)CCCCCCCCCCCCCCCCCCCCCCCCCCCCCC)OC(=O)CCCCCCC/C=C\CCCC. The zero-order chi connectivity index (χ0) is 49.3. The van der Waals surface area contributed by atoms with Crippen molar-refractivity contribution in [3.8, 4) is 0 Å². The van der Waals surface area contributed by atoms with Gasteiger partial charge in [-0.05, 0) is 57.8 Å². The number of allylic oxidation sites excluding steroid dienone is 4. The molecule has 0 amide bonds. The van der Waals surface area contributed by atoms with Gasteiger partial charge in [-0.15, -0.1) is 0 Å². The predicted molar refractivity (Wildman–Crippen MR) is 293 cm³/mol. The normalized spacial score (nSPS) is 12.1. The number of ether oxygens (including phenoxy) is 3. The molecule has 0 rings (SSSR count). The summed E-state index contributed by atoms with van der Waals surface area (Å²) < 4.78 is 16.8. The second-order valence-corrected chi connectivity index (χ2v) is 20.6. The quantitative estimate of drug-likeness (QED) is 0.0262. The van der Waals surface area contributed by atoms with E-state index in [9.17, 15) is 14.4 Å². The summed E-state index contributed by atoms with van der Waals surface area (Å²) in [5.41, 5.74) is 0. The molecule has 1 unspecified atom stereocenters. The number of unbranched alkanes of at least 4 members (excludes halogenated alkanes) is 41. The van der Waals surface area contributed by atoms with Crippen LogP contribution in [0.3, 0.4) is 0 Å². The van der Waals surface area contributed by atoms with Gasteiger partial charge < -0.3 is 14.2 Å². The van der Waals surface area contributed by atoms with Crippen molar-refractivity contribution >= 4 is 17.9 Å². The first-order chi connectivity index (χ1) is 33.5. The summed E-state index contributed by atoms with van der Waals surface area (Å²) in [6.45, 7) is 6.59. The first kappa shape index (κ1) is 65.9. The first-order valence-electron chi connectivity index (χ1n) is 30.3. The minimum Gasteiger partial charge on any atom is -0.462 e. The Labute approximate surface area is 423 Å². The van der Waals surface area contributed by atoms with Crippen molar-refractivity contribution in [1.82, 2.24) is 0 Å². The fraction of sp³-hybridized carbons (Fsp3) is 0.887. The Kier molecular flexibility index (Phi) is 55.7. The maximum absolute atomic E-state index is 12.8. The van der Waals surface area contributed by atoms with E-state index in [0.717, 1.165) is 77.0 Å². The molecular formula is C62H116O6. The summed E-state index contributed by atoms with van der Waals surface area (Å²) in [5.74, 6) is -0.877. The molecule has 0 heterocycles. The molecule has 0 saturated heterocycles. The van der Waals surface area contributed by atoms with Gasteiger partial charge >= 0.3 is 17.9 Å². The number of esters is 3. The monoisotopic (exact) mass is 957 g/mol. The lowest BCUT2D eigenvalue weighted by Crippen LogP contribution is -2.30. The lowest BCUT2D eigenvalue weighted by Gasteiger charge is -2.18. The van der Waals surface area contributed by atoms with Gasteiger partial charge in [-0.25, -0.2) is 0 Å². The molecule has 0 saturated carbocycles. The first-order valence-corrected chi connectivity index (χ1v) is 30.3. The van der Waals surface area contributed by atoms with E-state index in [2.05, 4.69) is 45.1 Å². The fourth-order valence-electron chi connectivity index (χ4n) is 9.05. The number of hydrogen-bond donors (Lipinski definition) is 0. The van der Waals surface area contributed by atoms with Crippen molar-refractivity contribution in [3.63, 3.8) is 0 Å². The lowest BCUT2D eigenvalue weighted by atomic mass is 10.0. The number of carbonyl (C=O) groups excluding carboxylic acids is 3. The molecule has 0 fully saturated rings. The van der Waals surface area contributed by atoms with Crippen LogP contribution in [0, 0.1) is 0 Å². The molecule has 0 aliphatic rings. The Bertz CT molecular complexity index is 1100. The Morgan fingerprint density at radius 2 is 0.500 bits per heavy atom. The van der Waals surface area contributed by atoms with Gasteiger partial charge in [0.1, 0.15) is 13.2 Å². The zero-order valence-corrected chi connectivity index (χ0v) is 45.9. The molecule has 0 bridgehead atoms. The third-order valence-corrected chi connectivity index (χ3v) is 13.7. The molecule has 0 N–H and O–H groups in total. The highest BCUT2D eigenvalue weighted by Gasteiger charge is 2.19. The van der Waals surface area contributed by atoms with Crippen LogP contribution in [0.1, 0.15) is 335 Å². The highest BCUT2D eigenvalue weighted by molar-refractivity contribution is 5.71. The molecule has 0 spiro atoms. The van der Waals surface area contributed by atoms with E-state index >= 15 is 0 Å². The summed E-state index contributed by atoms with van der Waals surface area (Å²) >= 11 is 0. The fourth-order valence-corrected chi connectivity index (χ4v) is 9.05. The van der Waals surface area contributed by atoms with E-state index in [1.54, 1.807) is 0 Å². The van der Waals surface area contributed by atoms with Crippen molar-refractivity contribution < 1.29 is 28.6 Å². The molecule has 6 nitrogen and oxygen atoms in total. The Hall–Kier alpha value is -2.11. The van der Waals surface area contributed by atoms with E-state index in [4.69, 9.17) is 14.2 Å². The average Bonchev–Trinajstić information content (AvgIpc) is 3.34. The zero-order valence-electron chi connectivity index (χ0n) is 45.9. The van der Waals surface area contributed by atoms with Crippen LogP contribution in [0.15, 0.2) is 24.3 Å². The molecule has 0 aliphatic heterocycles. The van der Waals surface area contributed by atoms with Crippen molar-refractivity contribution in [2.75, 3.05) is 13.2 Å². The standard InChI is InChI=1S/C62H116O6/c1-4-7-10-13-16-19-22-23-24-25-26-27-28-29-30-31-32-33-34-35-36-37-38-41-43-46-49-52-55-61(64)67-58-59(68-62(65)56-53-50-47-44-40-21-18-15-12-9-6-3)57-66-60(63)54-51-48-45-42-39-20-17-14-11-8-5-2/h14-15,17-18,59H,4-13,16,19-58H2,1-3H3/b17-14-,18-15-. The largest absolute Gasteiger partial charge is 0.462 e. The summed E-state index contributed by atoms with van der Waals surface area (Å²) in [6, 6.07) is 0. The minimum atomic E-state index is -0.774. The van der Waals surface area contributed by atoms with Crippen LogP contribution in [0.4, 0.5) is 0 Å². The highest BCUT2D eigenvalue weighted by Crippen LogP contribution is 2.18. The second-order valence-electron chi connectivity index (χ2n) is 20.6. The smallest absolute Gasteiger partial charge is 0.306 e. The molecular weight excluding hydrogens is 841 g/mol. The minimum absolute atomic E-state index is 0.0734. The van der Waals surface area contributed by atoms with Gasteiger partial charge in [0.05, 0.1) is 0 Å². The molecule has 6 heteroatoms. The summed E-state index contributed by atoms with van der Waals surface area (Å²) in [5, 5.41) is 0. The van der Waals surface area contributed by atoms with Crippen LogP contribution in [0.5, 0.6) is 0 Å². The predicted octanol–water partition coefficient (Wildman–Crippen LogP) is 20.3. The topological polar surface area (TPSA) is 78.9 Å². The molecule has 0 aromatic carbocycles. The Balaban J connectivity index is 4.06. The third-order valence-electron chi connectivity index (χ3n) is 13.7. The highest BCUT2D eigenvalue weighted by atomic mass is 16.6. The van der Waals surface area contributed by atoms with E-state index in [1.807, 2.05) is 0 Å². The summed E-state index contributed by atoms with van der Waals surface area (Å²) in [6.07, 6.45) is 67.8. The van der Waals surface area contributed by atoms with Gasteiger partial charge in [0.2, 0.25) is 0 Å². The van der Waals surface area contributed by atoms with Gasteiger partial charge in [0.15, 0.2) is 6.10 Å². The second kappa shape index (κ2) is 57.5. The number of rotatable bonds is 56. The van der Waals surface area contributed by atoms with Gasteiger partial charge in [-0.1, -0.05) is 283 Å². The molecule has 68 heavy (non-hydrogen) atoms. The van der Waals surface area contributed by atoms with E-state index in [1.165, 1.54) is 218 Å². The lowest BCUT2D eigenvalue weighted by molar-refractivity contribution is -0.167. The third kappa shape index (κ3) is 54.8. The molecule has 0 aromatic heterocycles. The van der Waals surface area contributed by atoms with Gasteiger partial charge in [0, 0.05) is 19.3 Å². The average molecular weight is 958 g/mol. The molecule has 0 aromatic rings. The molecule has 1 atom stereocenters. The summed E-state index contributed by atoms with van der Waals surface area (Å²) in [7, 11) is 0. The number of hydrogen-bond acceptors (Lipinski definition) is 6. The van der Waals surface area contributed by atoms with Crippen LogP contribution in [0.2, 0.25) is 0 Å². The Morgan fingerprint density at radius 3 is 0.779 bits per heavy atom. The molecule has 0 radical (unpaired) electrons. The molecule has 0 aliphatic carbocycles. The van der Waals surface area contributed by atoms with E-state index in [-0.39, 0.29) is 31.1 Å². The van der Waals surface area contributed by atoms with E-state index in [0.29, 0.717) is 19.3 Å². The van der Waals surface area contributed by atoms with Crippen molar-refractivity contribution in [1.29, 1.82) is 0 Å². The maximum Gasteiger partial charge on any atom is 0.306 e.